The second kappa shape index (κ2) is 55.6. The molecule has 0 aromatic heterocycles. The fourth-order valence-electron chi connectivity index (χ4n) is 11.8. The zero-order chi connectivity index (χ0) is 85.3. The topological polar surface area (TPSA) is 461 Å². The molecule has 0 fully saturated rings. The first-order valence-corrected chi connectivity index (χ1v) is 44.4. The molecule has 0 aliphatic carbocycles. The van der Waals surface area contributed by atoms with Gasteiger partial charge in [0.05, 0.1) is 9.79 Å². The van der Waals surface area contributed by atoms with Gasteiger partial charge in [-0.1, -0.05) is 70.1 Å². The van der Waals surface area contributed by atoms with E-state index in [9.17, 15) is 74.4 Å². The van der Waals surface area contributed by atoms with Crippen LogP contribution >= 0.6 is 21.6 Å². The Balaban J connectivity index is 1.44. The van der Waals surface area contributed by atoms with Crippen LogP contribution in [0.1, 0.15) is 79.1 Å². The van der Waals surface area contributed by atoms with E-state index < -0.39 is 20.0 Å². The maximum Gasteiger partial charge on any atom is 0.241 e. The molecule has 0 aliphatic rings. The van der Waals surface area contributed by atoms with Crippen LogP contribution in [0.2, 0.25) is 0 Å². The molecule has 0 bridgehead atoms. The number of carbonyl (C=O) groups is 12. The van der Waals surface area contributed by atoms with Crippen LogP contribution in [0, 0.1) is 0 Å². The number of sulfonamides is 2. The normalized spacial score (nSPS) is 11.4. The first-order valence-electron chi connectivity index (χ1n) is 39.0. The molecule has 0 heterocycles. The summed E-state index contributed by atoms with van der Waals surface area (Å²) in [5, 5.41) is 35.6. The Hall–Kier alpha value is -9.00. The van der Waals surface area contributed by atoms with E-state index in [-0.39, 0.29) is 289 Å². The Morgan fingerprint density at radius 2 is 0.483 bits per heavy atom. The predicted molar refractivity (Wildman–Crippen MR) is 453 cm³/mol. The van der Waals surface area contributed by atoms with Crippen molar-refractivity contribution in [2.45, 2.75) is 88.9 Å². The third-order valence-electron chi connectivity index (χ3n) is 17.8. The molecule has 4 aromatic carbocycles. The van der Waals surface area contributed by atoms with Gasteiger partial charge in [0.25, 0.3) is 0 Å². The predicted octanol–water partition coefficient (Wildman–Crippen LogP) is -1.43. The number of anilines is 2. The molecule has 4 aromatic rings. The minimum Gasteiger partial charge on any atom is -0.377 e. The number of hydrogen-bond acceptors (Lipinski definition) is 24. The largest absolute Gasteiger partial charge is 0.377 e. The van der Waals surface area contributed by atoms with E-state index >= 15 is 0 Å². The van der Waals surface area contributed by atoms with Gasteiger partial charge in [0, 0.05) is 322 Å². The lowest BCUT2D eigenvalue weighted by Crippen LogP contribution is -2.41. The molecule has 116 heavy (non-hydrogen) atoms. The van der Waals surface area contributed by atoms with Crippen LogP contribution < -0.4 is 83.0 Å². The van der Waals surface area contributed by atoms with Gasteiger partial charge in [0.15, 0.2) is 0 Å². The molecular weight excluding hydrogens is 1580 g/mol. The summed E-state index contributed by atoms with van der Waals surface area (Å²) in [5.74, 6) is -2.24. The summed E-state index contributed by atoms with van der Waals surface area (Å²) in [6, 6.07) is 21.0. The minimum atomic E-state index is -3.99. The van der Waals surface area contributed by atoms with E-state index in [0.717, 1.165) is 22.1 Å². The molecule has 0 aliphatic heterocycles. The Kier molecular flexibility index (Phi) is 47.6. The van der Waals surface area contributed by atoms with Crippen molar-refractivity contribution < 1.29 is 74.4 Å². The lowest BCUT2D eigenvalue weighted by Gasteiger charge is -2.24. The first-order chi connectivity index (χ1) is 55.3. The van der Waals surface area contributed by atoms with Crippen molar-refractivity contribution in [3.8, 4) is 0 Å². The summed E-state index contributed by atoms with van der Waals surface area (Å²) in [7, 11) is 2.59. The summed E-state index contributed by atoms with van der Waals surface area (Å²) < 4.78 is 59.7. The van der Waals surface area contributed by atoms with Crippen LogP contribution in [0.25, 0.3) is 21.5 Å². The highest BCUT2D eigenvalue weighted by Gasteiger charge is 2.23. The van der Waals surface area contributed by atoms with Gasteiger partial charge in [-0.2, -0.15) is 0 Å². The van der Waals surface area contributed by atoms with E-state index in [2.05, 4.69) is 73.2 Å². The third-order valence-corrected chi connectivity index (χ3v) is 23.2. The smallest absolute Gasteiger partial charge is 0.241 e. The molecule has 0 saturated heterocycles. The van der Waals surface area contributed by atoms with Gasteiger partial charge in [-0.15, -0.1) is 0 Å². The zero-order valence-corrected chi connectivity index (χ0v) is 71.5. The maximum absolute atomic E-state index is 13.6. The highest BCUT2D eigenvalue weighted by atomic mass is 33.1. The summed E-state index contributed by atoms with van der Waals surface area (Å²) >= 11 is 0. The summed E-state index contributed by atoms with van der Waals surface area (Å²) in [5.41, 5.74) is 1.70. The van der Waals surface area contributed by atoms with Crippen LogP contribution in [-0.2, 0) is 77.6 Å². The number of nitrogens with one attached hydrogen (secondary N) is 14. The molecule has 12 amide bonds. The van der Waals surface area contributed by atoms with Gasteiger partial charge in [-0.25, -0.2) is 26.3 Å². The lowest BCUT2D eigenvalue weighted by molar-refractivity contribution is -0.123. The molecule has 36 nitrogen and oxygen atoms in total. The van der Waals surface area contributed by atoms with Crippen LogP contribution in [-0.4, -0.2) is 317 Å². The summed E-state index contributed by atoms with van der Waals surface area (Å²) in [4.78, 5) is 162. The van der Waals surface area contributed by atoms with E-state index in [1.54, 1.807) is 47.2 Å². The standard InChI is InChI=1S/C76H122N20O16S4/c1-57(97)77-29-33-81-69(101)21-43-93(44-22-70(102)82-34-30-78-58(2)98)51-41-87-75(107)27-49-96(50-28-76(108)88-42-52-94(45-23-71(103)83-35-31-79-59(3)99)46-24-72(104)84-36-32-80-60(4)100)54-56-114-113-55-53-95(47-25-73(105)85-37-39-89-115(109,110)67-19-11-13-61-63(67)15-9-17-65(61)91(5)6)48-26-74(106)86-38-40-90-116(111,112)68-20-12-14-62-64(68)16-10-18-66(62)92(7)8/h9-20,89-90H,21-56H2,1-8H3,(H,77,97)(H,78,98)(H,79,99)(H,80,100)(H,81,101)(H,82,102)(H,83,103)(H,84,104)(H,85,105)(H,86,106)(H,87,107)(H,88,108). The second-order valence-corrected chi connectivity index (χ2v) is 33.8. The minimum absolute atomic E-state index is 0.00599. The van der Waals surface area contributed by atoms with E-state index in [0.29, 0.717) is 35.4 Å². The average molecular weight is 1700 g/mol. The fraction of sp³-hybridized carbons (Fsp3) is 0.579. The quantitative estimate of drug-likeness (QED) is 0.0178. The van der Waals surface area contributed by atoms with E-state index in [1.165, 1.54) is 50.6 Å². The van der Waals surface area contributed by atoms with Gasteiger partial charge in [0.1, 0.15) is 0 Å². The van der Waals surface area contributed by atoms with Crippen molar-refractivity contribution in [2.24, 2.45) is 0 Å². The Labute approximate surface area is 690 Å². The molecule has 0 spiro atoms. The van der Waals surface area contributed by atoms with Gasteiger partial charge in [-0.05, 0) is 24.3 Å². The second-order valence-electron chi connectivity index (χ2n) is 27.6. The highest BCUT2D eigenvalue weighted by Crippen LogP contribution is 2.32. The van der Waals surface area contributed by atoms with Crippen LogP contribution in [0.15, 0.2) is 82.6 Å². The molecule has 40 heteroatoms. The SMILES string of the molecule is CC(=O)NCCNC(=O)CCN(CCNC(=O)CCN(CCSSCCN(CCC(=O)NCCNS(=O)(=O)c1cccc2c(N(C)C)cccc12)CCC(=O)NCCNS(=O)(=O)c1cccc2c(N(C)C)cccc12)CCC(=O)NCCN(CCC(=O)NCCNC(C)=O)CCC(=O)NCCNC(C)=O)CCC(=O)NCCNC(C)=O. The Morgan fingerprint density at radius 1 is 0.267 bits per heavy atom. The number of nitrogens with zero attached hydrogens (tertiary/aromatic N) is 6. The first kappa shape index (κ1) is 99.4. The Bertz CT molecular complexity index is 3750. The van der Waals surface area contributed by atoms with Crippen LogP contribution in [0.4, 0.5) is 11.4 Å². The van der Waals surface area contributed by atoms with E-state index in [4.69, 9.17) is 0 Å². The van der Waals surface area contributed by atoms with Crippen molar-refractivity contribution in [3.05, 3.63) is 72.8 Å². The van der Waals surface area contributed by atoms with Crippen molar-refractivity contribution in [2.75, 3.05) is 220 Å². The molecule has 14 N–H and O–H groups in total. The third kappa shape index (κ3) is 42.2. The Morgan fingerprint density at radius 3 is 0.733 bits per heavy atom. The number of hydrogen-bond donors (Lipinski definition) is 14. The van der Waals surface area contributed by atoms with Gasteiger partial charge in [-0.3, -0.25) is 57.5 Å². The van der Waals surface area contributed by atoms with Gasteiger partial charge in [0.2, 0.25) is 90.9 Å². The monoisotopic (exact) mass is 1700 g/mol. The average Bonchev–Trinajstić information content (AvgIpc) is 0.783. The highest BCUT2D eigenvalue weighted by molar-refractivity contribution is 8.76. The van der Waals surface area contributed by atoms with Crippen molar-refractivity contribution in [1.29, 1.82) is 0 Å². The molecule has 0 unspecified atom stereocenters. The number of benzene rings is 4. The van der Waals surface area contributed by atoms with Crippen molar-refractivity contribution in [3.63, 3.8) is 0 Å². The molecular formula is C76H122N20O16S4. The van der Waals surface area contributed by atoms with Crippen LogP contribution in [0.3, 0.4) is 0 Å². The van der Waals surface area contributed by atoms with E-state index in [1.807, 2.05) is 81.9 Å². The van der Waals surface area contributed by atoms with Gasteiger partial charge < -0.3 is 93.2 Å². The molecule has 0 atom stereocenters. The van der Waals surface area contributed by atoms with Gasteiger partial charge >= 0.3 is 0 Å². The zero-order valence-electron chi connectivity index (χ0n) is 68.2. The lowest BCUT2D eigenvalue weighted by atomic mass is 10.1. The number of fused-ring (bicyclic) bond motifs is 2. The molecule has 646 valence electrons. The fourth-order valence-corrected chi connectivity index (χ4v) is 16.3. The van der Waals surface area contributed by atoms with Crippen molar-refractivity contribution >= 4 is 145 Å². The summed E-state index contributed by atoms with van der Waals surface area (Å²) in [6.45, 7) is 10.9. The number of rotatable bonds is 61. The van der Waals surface area contributed by atoms with Crippen molar-refractivity contribution in [1.82, 2.24) is 92.8 Å². The molecule has 4 rings (SSSR count). The number of amides is 12. The van der Waals surface area contributed by atoms with Crippen LogP contribution in [0.5, 0.6) is 0 Å². The summed E-state index contributed by atoms with van der Waals surface area (Å²) in [6.07, 6.45) is 0.386. The molecule has 0 saturated carbocycles. The maximum atomic E-state index is 13.6. The molecule has 0 radical (unpaired) electrons. The number of carbonyl (C=O) groups excluding carboxylic acids is 12.